The van der Waals surface area contributed by atoms with Crippen molar-refractivity contribution in [3.8, 4) is 0 Å². The molecule has 1 atom stereocenters. The maximum Gasteiger partial charge on any atom is 0.162 e. The molecule has 1 rings (SSSR count). The molecule has 19 heavy (non-hydrogen) atoms. The van der Waals surface area contributed by atoms with E-state index in [1.807, 2.05) is 31.2 Å². The number of anilines is 1. The molecule has 0 spiro atoms. The van der Waals surface area contributed by atoms with Gasteiger partial charge in [-0.3, -0.25) is 4.79 Å². The number of Topliss-reactive ketones (excluding diaryl/α,β-unsaturated/α-hetero) is 1. The molecule has 0 aromatic heterocycles. The van der Waals surface area contributed by atoms with Crippen molar-refractivity contribution in [3.63, 3.8) is 0 Å². The standard InChI is InChI=1S/C17H27NO/c1-4-7-8-14(5-2)13-18-16-11-9-15(10-12-16)17(19)6-3/h9-12,14,18H,4-8,13H2,1-3H3. The van der Waals surface area contributed by atoms with Crippen molar-refractivity contribution >= 4 is 11.5 Å². The van der Waals surface area contributed by atoms with E-state index in [2.05, 4.69) is 19.2 Å². The minimum Gasteiger partial charge on any atom is -0.385 e. The van der Waals surface area contributed by atoms with Gasteiger partial charge in [-0.25, -0.2) is 0 Å². The molecule has 0 saturated heterocycles. The zero-order chi connectivity index (χ0) is 14.1. The molecule has 0 aliphatic heterocycles. The molecule has 0 bridgehead atoms. The monoisotopic (exact) mass is 261 g/mol. The van der Waals surface area contributed by atoms with Crippen molar-refractivity contribution in [3.05, 3.63) is 29.8 Å². The minimum absolute atomic E-state index is 0.209. The average Bonchev–Trinajstić information content (AvgIpc) is 2.47. The summed E-state index contributed by atoms with van der Waals surface area (Å²) in [4.78, 5) is 11.5. The summed E-state index contributed by atoms with van der Waals surface area (Å²) in [7, 11) is 0. The topological polar surface area (TPSA) is 29.1 Å². The molecule has 1 aromatic carbocycles. The van der Waals surface area contributed by atoms with Crippen molar-refractivity contribution in [2.24, 2.45) is 5.92 Å². The van der Waals surface area contributed by atoms with Crippen LogP contribution in [0.5, 0.6) is 0 Å². The fourth-order valence-electron chi connectivity index (χ4n) is 2.18. The number of carbonyl (C=O) groups excluding carboxylic acids is 1. The smallest absolute Gasteiger partial charge is 0.162 e. The molecule has 0 radical (unpaired) electrons. The molecule has 0 heterocycles. The molecule has 2 nitrogen and oxygen atoms in total. The van der Waals surface area contributed by atoms with E-state index in [0.717, 1.165) is 23.7 Å². The SMILES string of the molecule is CCCCC(CC)CNc1ccc(C(=O)CC)cc1. The number of nitrogens with one attached hydrogen (secondary N) is 1. The van der Waals surface area contributed by atoms with Gasteiger partial charge in [-0.1, -0.05) is 40.0 Å². The zero-order valence-electron chi connectivity index (χ0n) is 12.5. The third-order valence-electron chi connectivity index (χ3n) is 3.67. The van der Waals surface area contributed by atoms with Gasteiger partial charge in [0.05, 0.1) is 0 Å². The van der Waals surface area contributed by atoms with E-state index in [1.165, 1.54) is 25.7 Å². The first-order chi connectivity index (χ1) is 9.21. The lowest BCUT2D eigenvalue weighted by Crippen LogP contribution is -2.13. The summed E-state index contributed by atoms with van der Waals surface area (Å²) in [5, 5.41) is 3.48. The highest BCUT2D eigenvalue weighted by atomic mass is 16.1. The molecule has 106 valence electrons. The van der Waals surface area contributed by atoms with Gasteiger partial charge in [0.25, 0.3) is 0 Å². The second kappa shape index (κ2) is 8.73. The third kappa shape index (κ3) is 5.46. The molecule has 2 heteroatoms. The number of hydrogen-bond donors (Lipinski definition) is 1. The predicted octanol–water partition coefficient (Wildman–Crippen LogP) is 4.91. The molecule has 1 aromatic rings. The Morgan fingerprint density at radius 2 is 1.84 bits per heavy atom. The van der Waals surface area contributed by atoms with Gasteiger partial charge in [-0.2, -0.15) is 0 Å². The highest BCUT2D eigenvalue weighted by Crippen LogP contribution is 2.16. The summed E-state index contributed by atoms with van der Waals surface area (Å²) < 4.78 is 0. The van der Waals surface area contributed by atoms with Crippen LogP contribution in [0.3, 0.4) is 0 Å². The Morgan fingerprint density at radius 1 is 1.16 bits per heavy atom. The quantitative estimate of drug-likeness (QED) is 0.640. The van der Waals surface area contributed by atoms with Gasteiger partial charge in [0.15, 0.2) is 5.78 Å². The van der Waals surface area contributed by atoms with Gasteiger partial charge in [-0.05, 0) is 36.6 Å². The first kappa shape index (κ1) is 15.7. The van der Waals surface area contributed by atoms with E-state index < -0.39 is 0 Å². The van der Waals surface area contributed by atoms with Crippen LogP contribution in [-0.4, -0.2) is 12.3 Å². The van der Waals surface area contributed by atoms with Gasteiger partial charge in [0.2, 0.25) is 0 Å². The van der Waals surface area contributed by atoms with Crippen LogP contribution in [0.2, 0.25) is 0 Å². The Balaban J connectivity index is 2.46. The molecule has 1 unspecified atom stereocenters. The van der Waals surface area contributed by atoms with Crippen LogP contribution in [0.15, 0.2) is 24.3 Å². The lowest BCUT2D eigenvalue weighted by Gasteiger charge is -2.16. The maximum absolute atomic E-state index is 11.5. The summed E-state index contributed by atoms with van der Waals surface area (Å²) in [5.41, 5.74) is 1.92. The second-order valence-electron chi connectivity index (χ2n) is 5.15. The van der Waals surface area contributed by atoms with Crippen molar-refractivity contribution in [1.82, 2.24) is 0 Å². The van der Waals surface area contributed by atoms with Crippen molar-refractivity contribution in [2.75, 3.05) is 11.9 Å². The molecule has 0 fully saturated rings. The Kier molecular flexibility index (Phi) is 7.24. The van der Waals surface area contributed by atoms with E-state index in [0.29, 0.717) is 6.42 Å². The molecule has 0 aliphatic carbocycles. The first-order valence-corrected chi connectivity index (χ1v) is 7.58. The lowest BCUT2D eigenvalue weighted by molar-refractivity contribution is 0.0988. The van der Waals surface area contributed by atoms with Crippen LogP contribution >= 0.6 is 0 Å². The van der Waals surface area contributed by atoms with Gasteiger partial charge >= 0.3 is 0 Å². The Hall–Kier alpha value is -1.31. The molecular formula is C17H27NO. The fraction of sp³-hybridized carbons (Fsp3) is 0.588. The summed E-state index contributed by atoms with van der Waals surface area (Å²) >= 11 is 0. The normalized spacial score (nSPS) is 12.2. The summed E-state index contributed by atoms with van der Waals surface area (Å²) in [6, 6.07) is 7.85. The molecule has 1 N–H and O–H groups in total. The van der Waals surface area contributed by atoms with E-state index in [9.17, 15) is 4.79 Å². The Morgan fingerprint density at radius 3 is 2.37 bits per heavy atom. The van der Waals surface area contributed by atoms with Crippen LogP contribution in [0, 0.1) is 5.92 Å². The van der Waals surface area contributed by atoms with E-state index in [4.69, 9.17) is 0 Å². The van der Waals surface area contributed by atoms with Gasteiger partial charge in [0, 0.05) is 24.2 Å². The van der Waals surface area contributed by atoms with Gasteiger partial charge in [0.1, 0.15) is 0 Å². The number of unbranched alkanes of at least 4 members (excludes halogenated alkanes) is 1. The summed E-state index contributed by atoms with van der Waals surface area (Å²) in [6.45, 7) is 7.42. The van der Waals surface area contributed by atoms with Crippen LogP contribution < -0.4 is 5.32 Å². The number of ketones is 1. The van der Waals surface area contributed by atoms with E-state index in [-0.39, 0.29) is 5.78 Å². The molecular weight excluding hydrogens is 234 g/mol. The molecule has 0 saturated carbocycles. The van der Waals surface area contributed by atoms with Crippen LogP contribution in [0.25, 0.3) is 0 Å². The van der Waals surface area contributed by atoms with Crippen LogP contribution in [0.4, 0.5) is 5.69 Å². The highest BCUT2D eigenvalue weighted by Gasteiger charge is 2.06. The lowest BCUT2D eigenvalue weighted by atomic mass is 9.99. The van der Waals surface area contributed by atoms with Crippen LogP contribution in [0.1, 0.15) is 63.2 Å². The zero-order valence-corrected chi connectivity index (χ0v) is 12.5. The number of hydrogen-bond acceptors (Lipinski definition) is 2. The van der Waals surface area contributed by atoms with Crippen molar-refractivity contribution < 1.29 is 4.79 Å². The summed E-state index contributed by atoms with van der Waals surface area (Å²) in [5.74, 6) is 0.956. The largest absolute Gasteiger partial charge is 0.385 e. The number of benzene rings is 1. The Labute approximate surface area is 117 Å². The minimum atomic E-state index is 0.209. The predicted molar refractivity (Wildman–Crippen MR) is 82.9 cm³/mol. The average molecular weight is 261 g/mol. The second-order valence-corrected chi connectivity index (χ2v) is 5.15. The third-order valence-corrected chi connectivity index (χ3v) is 3.67. The van der Waals surface area contributed by atoms with E-state index in [1.54, 1.807) is 0 Å². The fourth-order valence-corrected chi connectivity index (χ4v) is 2.18. The summed E-state index contributed by atoms with van der Waals surface area (Å²) in [6.07, 6.45) is 5.67. The number of rotatable bonds is 9. The van der Waals surface area contributed by atoms with Gasteiger partial charge < -0.3 is 5.32 Å². The van der Waals surface area contributed by atoms with Gasteiger partial charge in [-0.15, -0.1) is 0 Å². The number of carbonyl (C=O) groups is 1. The highest BCUT2D eigenvalue weighted by molar-refractivity contribution is 5.96. The maximum atomic E-state index is 11.5. The molecule has 0 amide bonds. The van der Waals surface area contributed by atoms with Crippen molar-refractivity contribution in [2.45, 2.75) is 52.9 Å². The van der Waals surface area contributed by atoms with Crippen molar-refractivity contribution in [1.29, 1.82) is 0 Å². The van der Waals surface area contributed by atoms with E-state index >= 15 is 0 Å². The Bertz CT molecular complexity index is 369. The first-order valence-electron chi connectivity index (χ1n) is 7.58. The molecule has 0 aliphatic rings. The van der Waals surface area contributed by atoms with Crippen LogP contribution in [-0.2, 0) is 0 Å².